The third-order valence-electron chi connectivity index (χ3n) is 13.3. The number of carbonyl (C=O) groups is 4. The van der Waals surface area contributed by atoms with E-state index in [0.29, 0.717) is 68.0 Å². The number of alkyl halides is 8. The van der Waals surface area contributed by atoms with E-state index in [1.165, 1.54) is 29.6 Å². The highest BCUT2D eigenvalue weighted by Gasteiger charge is 2.57. The van der Waals surface area contributed by atoms with E-state index in [1.807, 2.05) is 22.9 Å². The van der Waals surface area contributed by atoms with Crippen LogP contribution in [0.15, 0.2) is 67.1 Å². The monoisotopic (exact) mass is 1080 g/mol. The van der Waals surface area contributed by atoms with Gasteiger partial charge in [-0.15, -0.1) is 0 Å². The number of amides is 4. The number of hydrogen-bond donors (Lipinski definition) is 7. The van der Waals surface area contributed by atoms with Gasteiger partial charge in [-0.25, -0.2) is 33.0 Å². The molecule has 17 nitrogen and oxygen atoms in total. The fourth-order valence-electron chi connectivity index (χ4n) is 8.51. The number of benzene rings is 2. The summed E-state index contributed by atoms with van der Waals surface area (Å²) in [5.41, 5.74) is -4.46. The molecule has 76 heavy (non-hydrogen) atoms. The molecular weight excluding hydrogens is 1030 g/mol. The summed E-state index contributed by atoms with van der Waals surface area (Å²) in [4.78, 5) is 58.7. The summed E-state index contributed by atoms with van der Waals surface area (Å²) in [5, 5.41) is 34.4. The van der Waals surface area contributed by atoms with E-state index in [4.69, 9.17) is 0 Å². The van der Waals surface area contributed by atoms with Crippen LogP contribution in [0.4, 0.5) is 59.3 Å². The first-order valence-electron chi connectivity index (χ1n) is 23.4. The largest absolute Gasteiger partial charge is 0.465 e. The van der Waals surface area contributed by atoms with E-state index in [9.17, 15) is 64.5 Å². The molecular formula is C49H54F10N10O7. The van der Waals surface area contributed by atoms with E-state index in [2.05, 4.69) is 42.2 Å². The molecule has 2 saturated heterocycles. The van der Waals surface area contributed by atoms with Gasteiger partial charge >= 0.3 is 31.1 Å². The van der Waals surface area contributed by atoms with Crippen molar-refractivity contribution in [2.45, 2.75) is 109 Å². The number of halogens is 10. The lowest BCUT2D eigenvalue weighted by Gasteiger charge is -2.38. The number of aliphatic hydroxyl groups is 1. The Labute approximate surface area is 428 Å². The Morgan fingerprint density at radius 2 is 1.38 bits per heavy atom. The highest BCUT2D eigenvalue weighted by atomic mass is 19.4. The first-order valence-corrected chi connectivity index (χ1v) is 23.4. The number of fused-ring (bicyclic) bond motifs is 2. The summed E-state index contributed by atoms with van der Waals surface area (Å²) in [6, 6.07) is 4.84. The second-order valence-electron chi connectivity index (χ2n) is 19.4. The zero-order valence-corrected chi connectivity index (χ0v) is 41.3. The highest BCUT2D eigenvalue weighted by molar-refractivity contribution is 5.87. The summed E-state index contributed by atoms with van der Waals surface area (Å²) in [5.74, 6) is 0.581. The van der Waals surface area contributed by atoms with E-state index in [1.54, 1.807) is 6.20 Å². The Kier molecular flexibility index (Phi) is 17.9. The molecule has 4 aromatic rings. The molecule has 0 saturated carbocycles. The van der Waals surface area contributed by atoms with Gasteiger partial charge in [0, 0.05) is 72.9 Å². The minimum absolute atomic E-state index is 0.186. The molecule has 2 aromatic heterocycles. The zero-order valence-electron chi connectivity index (χ0n) is 41.3. The number of rotatable bonds is 18. The Hall–Kier alpha value is -7.18. The molecule has 6 rings (SSSR count). The van der Waals surface area contributed by atoms with Crippen LogP contribution >= 0.6 is 0 Å². The number of aromatic nitrogens is 3. The summed E-state index contributed by atoms with van der Waals surface area (Å²) in [6.07, 6.45) is -11.3. The maximum atomic E-state index is 16.0. The zero-order chi connectivity index (χ0) is 56.1. The molecule has 0 spiro atoms. The van der Waals surface area contributed by atoms with Crippen LogP contribution in [-0.4, -0.2) is 129 Å². The average molecular weight is 1090 g/mol. The van der Waals surface area contributed by atoms with Crippen molar-refractivity contribution in [3.63, 3.8) is 0 Å². The summed E-state index contributed by atoms with van der Waals surface area (Å²) in [6.45, 7) is -1.71. The van der Waals surface area contributed by atoms with Gasteiger partial charge < -0.3 is 41.1 Å². The molecule has 27 heteroatoms. The number of alkyl carbamates (subject to hydrolysis) is 1. The molecule has 412 valence electrons. The van der Waals surface area contributed by atoms with E-state index in [0.717, 1.165) is 51.3 Å². The second-order valence-corrected chi connectivity index (χ2v) is 19.4. The Morgan fingerprint density at radius 3 is 1.89 bits per heavy atom. The van der Waals surface area contributed by atoms with Crippen LogP contribution in [0.25, 0.3) is 11.1 Å². The number of aliphatic hydroxyl groups excluding tert-OH is 1. The minimum Gasteiger partial charge on any atom is -0.465 e. The van der Waals surface area contributed by atoms with Crippen molar-refractivity contribution in [2.75, 3.05) is 31.6 Å². The molecule has 2 bridgehead atoms. The van der Waals surface area contributed by atoms with Crippen LogP contribution < -0.4 is 31.6 Å². The summed E-state index contributed by atoms with van der Waals surface area (Å²) >= 11 is 0. The lowest BCUT2D eigenvalue weighted by atomic mass is 9.82. The Morgan fingerprint density at radius 1 is 0.816 bits per heavy atom. The van der Waals surface area contributed by atoms with Gasteiger partial charge in [-0.3, -0.25) is 15.0 Å². The smallest absolute Gasteiger partial charge is 0.407 e. The Bertz CT molecular complexity index is 2750. The van der Waals surface area contributed by atoms with Gasteiger partial charge in [0.2, 0.25) is 5.91 Å². The van der Waals surface area contributed by atoms with Gasteiger partial charge in [-0.05, 0) is 94.5 Å². The van der Waals surface area contributed by atoms with Gasteiger partial charge in [0.15, 0.2) is 0 Å². The number of pyridine rings is 1. The molecule has 6 atom stereocenters. The lowest BCUT2D eigenvalue weighted by Crippen LogP contribution is -2.63. The number of piperazine rings is 1. The average Bonchev–Trinajstić information content (AvgIpc) is 3.98. The first-order chi connectivity index (χ1) is 35.5. The van der Waals surface area contributed by atoms with Crippen LogP contribution in [-0.2, 0) is 27.3 Å². The van der Waals surface area contributed by atoms with Crippen molar-refractivity contribution in [2.24, 2.45) is 10.8 Å². The lowest BCUT2D eigenvalue weighted by molar-refractivity contribution is -0.221. The fourth-order valence-corrected chi connectivity index (χ4v) is 8.51. The third kappa shape index (κ3) is 14.0. The van der Waals surface area contributed by atoms with Crippen molar-refractivity contribution in [3.8, 4) is 23.0 Å². The Balaban J connectivity index is 1.33. The topological polar surface area (TPSA) is 215 Å². The van der Waals surface area contributed by atoms with Crippen LogP contribution in [0, 0.1) is 34.3 Å². The standard InChI is InChI=1S/C49H54F10N10O7/c1-46(2,48(54,55)56)39(65-45(75)76-5)41(71)63-36(16-27-9-6-26(7-10-27)8-11-28-12-15-38(60-19-28)67-22-31-13-14-32(23-67)62-31)37(70)25-68(66-42(72)40(64-44(73)74)47(3,4)49(57,58)59)24-33-34(50)17-29(18-35(33)51)30-20-61-69(21-30)43(52)53/h6-7,9-10,12,15,17-21,31-32,36-37,39-40,43,62,64,70H,13-14,16,22-25H2,1-5H3,(H,63,71)(H,65,75)(H,66,72)(H,73,74). The number of carbonyl (C=O) groups excluding carboxylic acids is 3. The van der Waals surface area contributed by atoms with Crippen molar-refractivity contribution in [1.29, 1.82) is 0 Å². The summed E-state index contributed by atoms with van der Waals surface area (Å²) in [7, 11) is 0.810. The molecule has 2 aromatic carbocycles. The minimum atomic E-state index is -5.28. The molecule has 4 amide bonds. The number of ether oxygens (including phenoxy) is 1. The fraction of sp³-hybridized carbons (Fsp3) is 0.469. The van der Waals surface area contributed by atoms with Crippen molar-refractivity contribution >= 4 is 29.8 Å². The van der Waals surface area contributed by atoms with E-state index < -0.39 is 115 Å². The third-order valence-corrected chi connectivity index (χ3v) is 13.3. The number of anilines is 1. The van der Waals surface area contributed by atoms with Gasteiger partial charge in [0.25, 0.3) is 5.91 Å². The van der Waals surface area contributed by atoms with E-state index >= 15 is 8.78 Å². The second kappa shape index (κ2) is 23.4. The maximum Gasteiger partial charge on any atom is 0.407 e. The quantitative estimate of drug-likeness (QED) is 0.0327. The number of hydrogen-bond acceptors (Lipinski definition) is 11. The SMILES string of the molecule is COC(=O)NC(C(=O)NC(Cc1ccc(C#Cc2ccc(N3CC4CCC(C3)N4)nc2)cc1)C(O)CN(Cc1c(F)cc(-c2cnn(C(F)F)c2)cc1F)NC(=O)C(NC(=O)O)C(C)(C)C(F)(F)F)C(C)(C)C(F)(F)F. The maximum absolute atomic E-state index is 16.0. The van der Waals surface area contributed by atoms with Gasteiger partial charge in [0.05, 0.1) is 36.3 Å². The van der Waals surface area contributed by atoms with Gasteiger partial charge in [0.1, 0.15) is 29.5 Å². The van der Waals surface area contributed by atoms with Crippen molar-refractivity contribution in [1.82, 2.24) is 46.5 Å². The van der Waals surface area contributed by atoms with Crippen LogP contribution in [0.2, 0.25) is 0 Å². The van der Waals surface area contributed by atoms with Crippen LogP contribution in [0.5, 0.6) is 0 Å². The number of carboxylic acid groups (broad SMARTS) is 1. The number of nitrogens with one attached hydrogen (secondary N) is 5. The van der Waals surface area contributed by atoms with Crippen molar-refractivity contribution < 1.29 is 78.0 Å². The van der Waals surface area contributed by atoms with Crippen molar-refractivity contribution in [3.05, 3.63) is 101 Å². The van der Waals surface area contributed by atoms with Gasteiger partial charge in [-0.2, -0.15) is 40.2 Å². The normalized spacial score (nSPS) is 17.5. The number of methoxy groups -OCH3 is 1. The molecule has 2 aliphatic rings. The molecule has 2 aliphatic heterocycles. The predicted molar refractivity (Wildman–Crippen MR) is 252 cm³/mol. The molecule has 4 heterocycles. The van der Waals surface area contributed by atoms with E-state index in [-0.39, 0.29) is 21.4 Å². The molecule has 2 fully saturated rings. The highest BCUT2D eigenvalue weighted by Crippen LogP contribution is 2.42. The molecule has 6 unspecified atom stereocenters. The number of nitrogens with zero attached hydrogens (tertiary/aromatic N) is 5. The van der Waals surface area contributed by atoms with Crippen LogP contribution in [0.1, 0.15) is 69.3 Å². The predicted octanol–water partition coefficient (Wildman–Crippen LogP) is 6.42. The van der Waals surface area contributed by atoms with Gasteiger partial charge in [-0.1, -0.05) is 24.0 Å². The molecule has 0 aliphatic carbocycles. The first kappa shape index (κ1) is 58.1. The van der Waals surface area contributed by atoms with Crippen LogP contribution in [0.3, 0.4) is 0 Å². The molecule has 0 radical (unpaired) electrons. The number of hydrazine groups is 1. The summed E-state index contributed by atoms with van der Waals surface area (Å²) < 4.78 is 150. The molecule has 7 N–H and O–H groups in total.